The van der Waals surface area contributed by atoms with Gasteiger partial charge in [0.25, 0.3) is 0 Å². The number of aromatic nitrogens is 3. The van der Waals surface area contributed by atoms with Crippen molar-refractivity contribution >= 4 is 11.7 Å². The van der Waals surface area contributed by atoms with Gasteiger partial charge >= 0.3 is 0 Å². The molecular weight excluding hydrogens is 294 g/mol. The minimum Gasteiger partial charge on any atom is -0.353 e. The molecule has 23 heavy (non-hydrogen) atoms. The number of piperazine rings is 1. The fourth-order valence-electron chi connectivity index (χ4n) is 2.83. The third kappa shape index (κ3) is 2.91. The van der Waals surface area contributed by atoms with Gasteiger partial charge in [-0.3, -0.25) is 4.79 Å². The van der Waals surface area contributed by atoms with Crippen LogP contribution in [0, 0.1) is 0 Å². The Bertz CT molecular complexity index is 717. The molecule has 2 aromatic heterocycles. The zero-order valence-corrected chi connectivity index (χ0v) is 13.1. The number of carbonyl (C=O) groups is 1. The Morgan fingerprint density at radius 3 is 2.74 bits per heavy atom. The van der Waals surface area contributed by atoms with Gasteiger partial charge in [0.1, 0.15) is 5.82 Å². The molecule has 1 saturated heterocycles. The second-order valence-corrected chi connectivity index (χ2v) is 6.13. The van der Waals surface area contributed by atoms with Crippen LogP contribution >= 0.6 is 0 Å². The van der Waals surface area contributed by atoms with Crippen LogP contribution in [0.4, 0.5) is 5.82 Å². The summed E-state index contributed by atoms with van der Waals surface area (Å²) < 4.78 is 5.33. The molecule has 120 valence electrons. The second-order valence-electron chi connectivity index (χ2n) is 6.13. The average molecular weight is 313 g/mol. The van der Waals surface area contributed by atoms with Crippen LogP contribution in [0.15, 0.2) is 22.9 Å². The molecule has 1 saturated carbocycles. The summed E-state index contributed by atoms with van der Waals surface area (Å²) >= 11 is 0. The van der Waals surface area contributed by atoms with Crippen molar-refractivity contribution in [1.82, 2.24) is 20.0 Å². The van der Waals surface area contributed by atoms with E-state index in [1.54, 1.807) is 13.1 Å². The minimum absolute atomic E-state index is 0.130. The number of anilines is 1. The van der Waals surface area contributed by atoms with Crippen LogP contribution in [0.5, 0.6) is 0 Å². The number of pyridine rings is 1. The lowest BCUT2D eigenvalue weighted by molar-refractivity contribution is -0.129. The quantitative estimate of drug-likeness (QED) is 0.858. The first kappa shape index (κ1) is 14.2. The van der Waals surface area contributed by atoms with Crippen molar-refractivity contribution in [2.24, 2.45) is 0 Å². The third-order valence-electron chi connectivity index (χ3n) is 4.42. The van der Waals surface area contributed by atoms with Crippen molar-refractivity contribution in [3.05, 3.63) is 24.2 Å². The van der Waals surface area contributed by atoms with Crippen molar-refractivity contribution in [3.8, 4) is 11.4 Å². The van der Waals surface area contributed by atoms with Gasteiger partial charge in [-0.05, 0) is 25.0 Å². The molecule has 7 heteroatoms. The molecule has 1 aliphatic heterocycles. The Hall–Kier alpha value is -2.44. The summed E-state index contributed by atoms with van der Waals surface area (Å²) in [4.78, 5) is 24.4. The van der Waals surface area contributed by atoms with Crippen molar-refractivity contribution in [2.75, 3.05) is 31.1 Å². The first-order valence-electron chi connectivity index (χ1n) is 8.01. The van der Waals surface area contributed by atoms with Crippen molar-refractivity contribution in [1.29, 1.82) is 0 Å². The molecule has 0 N–H and O–H groups in total. The Kier molecular flexibility index (Phi) is 3.48. The van der Waals surface area contributed by atoms with E-state index >= 15 is 0 Å². The zero-order valence-electron chi connectivity index (χ0n) is 13.1. The van der Waals surface area contributed by atoms with Gasteiger partial charge in [-0.1, -0.05) is 5.16 Å². The summed E-state index contributed by atoms with van der Waals surface area (Å²) in [5, 5.41) is 4.08. The van der Waals surface area contributed by atoms with Crippen molar-refractivity contribution < 1.29 is 9.32 Å². The van der Waals surface area contributed by atoms with E-state index < -0.39 is 0 Å². The molecule has 0 aromatic carbocycles. The Balaban J connectivity index is 1.51. The van der Waals surface area contributed by atoms with Gasteiger partial charge in [0.2, 0.25) is 17.6 Å². The van der Waals surface area contributed by atoms with E-state index in [0.29, 0.717) is 11.7 Å². The molecule has 0 spiro atoms. The molecular formula is C16H19N5O2. The maximum Gasteiger partial charge on any atom is 0.230 e. The van der Waals surface area contributed by atoms with E-state index in [1.165, 1.54) is 0 Å². The molecule has 0 radical (unpaired) electrons. The van der Waals surface area contributed by atoms with Gasteiger partial charge in [0.05, 0.1) is 0 Å². The minimum atomic E-state index is 0.130. The van der Waals surface area contributed by atoms with E-state index in [0.717, 1.165) is 56.3 Å². The topological polar surface area (TPSA) is 75.4 Å². The Labute approximate surface area is 134 Å². The highest BCUT2D eigenvalue weighted by atomic mass is 16.5. The van der Waals surface area contributed by atoms with Gasteiger partial charge < -0.3 is 14.3 Å². The van der Waals surface area contributed by atoms with Gasteiger partial charge in [0.15, 0.2) is 0 Å². The highest BCUT2D eigenvalue weighted by Crippen LogP contribution is 2.39. The maximum atomic E-state index is 11.4. The lowest BCUT2D eigenvalue weighted by atomic mass is 10.2. The maximum absolute atomic E-state index is 11.4. The summed E-state index contributed by atoms with van der Waals surface area (Å²) in [5.41, 5.74) is 0.916. The van der Waals surface area contributed by atoms with E-state index in [9.17, 15) is 4.79 Å². The predicted octanol–water partition coefficient (Wildman–Crippen LogP) is 1.68. The molecule has 4 rings (SSSR count). The van der Waals surface area contributed by atoms with E-state index in [4.69, 9.17) is 4.52 Å². The fourth-order valence-corrected chi connectivity index (χ4v) is 2.83. The van der Waals surface area contributed by atoms with Crippen LogP contribution in [-0.4, -0.2) is 52.1 Å². The molecule has 2 aromatic rings. The molecule has 2 fully saturated rings. The molecule has 1 amide bonds. The summed E-state index contributed by atoms with van der Waals surface area (Å²) in [6, 6.07) is 3.89. The van der Waals surface area contributed by atoms with Gasteiger partial charge in [-0.2, -0.15) is 4.98 Å². The summed E-state index contributed by atoms with van der Waals surface area (Å²) in [7, 11) is 0. The molecule has 2 aliphatic rings. The second kappa shape index (κ2) is 5.64. The van der Waals surface area contributed by atoms with Crippen LogP contribution in [0.1, 0.15) is 31.6 Å². The van der Waals surface area contributed by atoms with Gasteiger partial charge in [0, 0.05) is 50.8 Å². The fraction of sp³-hybridized carbons (Fsp3) is 0.500. The van der Waals surface area contributed by atoms with Crippen LogP contribution < -0.4 is 4.90 Å². The van der Waals surface area contributed by atoms with Crippen LogP contribution in [0.3, 0.4) is 0 Å². The number of hydrogen-bond acceptors (Lipinski definition) is 6. The van der Waals surface area contributed by atoms with Crippen LogP contribution in [0.25, 0.3) is 11.4 Å². The van der Waals surface area contributed by atoms with Crippen LogP contribution in [-0.2, 0) is 4.79 Å². The number of hydrogen-bond donors (Lipinski definition) is 0. The van der Waals surface area contributed by atoms with Crippen molar-refractivity contribution in [2.45, 2.75) is 25.7 Å². The standard InChI is InChI=1S/C16H19N5O2/c1-11(22)20-6-8-21(9-7-20)14-10-13(4-5-17-14)15-18-16(23-19-15)12-2-3-12/h4-5,10,12H,2-3,6-9H2,1H3. The lowest BCUT2D eigenvalue weighted by Gasteiger charge is -2.34. The highest BCUT2D eigenvalue weighted by Gasteiger charge is 2.30. The summed E-state index contributed by atoms with van der Waals surface area (Å²) in [6.07, 6.45) is 4.06. The summed E-state index contributed by atoms with van der Waals surface area (Å²) in [5.74, 6) is 2.85. The smallest absolute Gasteiger partial charge is 0.230 e. The predicted molar refractivity (Wildman–Crippen MR) is 84.0 cm³/mol. The zero-order chi connectivity index (χ0) is 15.8. The number of rotatable bonds is 3. The number of carbonyl (C=O) groups excluding carboxylic acids is 1. The molecule has 0 bridgehead atoms. The SMILES string of the molecule is CC(=O)N1CCN(c2cc(-c3noc(C4CC4)n3)ccn2)CC1. The van der Waals surface area contributed by atoms with Crippen molar-refractivity contribution in [3.63, 3.8) is 0 Å². The largest absolute Gasteiger partial charge is 0.353 e. The molecule has 0 atom stereocenters. The van der Waals surface area contributed by atoms with Crippen LogP contribution in [0.2, 0.25) is 0 Å². The Morgan fingerprint density at radius 2 is 2.04 bits per heavy atom. The molecule has 0 unspecified atom stereocenters. The van der Waals surface area contributed by atoms with E-state index in [1.807, 2.05) is 17.0 Å². The molecule has 7 nitrogen and oxygen atoms in total. The Morgan fingerprint density at radius 1 is 1.26 bits per heavy atom. The van der Waals surface area contributed by atoms with E-state index in [-0.39, 0.29) is 5.91 Å². The number of amides is 1. The first-order chi connectivity index (χ1) is 11.2. The summed E-state index contributed by atoms with van der Waals surface area (Å²) in [6.45, 7) is 4.65. The van der Waals surface area contributed by atoms with Gasteiger partial charge in [-0.15, -0.1) is 0 Å². The van der Waals surface area contributed by atoms with E-state index in [2.05, 4.69) is 20.0 Å². The average Bonchev–Trinajstić information content (AvgIpc) is 3.32. The normalized spacial score (nSPS) is 18.3. The number of nitrogens with zero attached hydrogens (tertiary/aromatic N) is 5. The van der Waals surface area contributed by atoms with Gasteiger partial charge in [-0.25, -0.2) is 4.98 Å². The first-order valence-corrected chi connectivity index (χ1v) is 8.01. The molecule has 1 aliphatic carbocycles. The monoisotopic (exact) mass is 313 g/mol. The molecule has 3 heterocycles. The third-order valence-corrected chi connectivity index (χ3v) is 4.42. The highest BCUT2D eigenvalue weighted by molar-refractivity contribution is 5.73. The lowest BCUT2D eigenvalue weighted by Crippen LogP contribution is -2.48.